The lowest BCUT2D eigenvalue weighted by molar-refractivity contribution is -0.149. The molecule has 0 saturated heterocycles. The van der Waals surface area contributed by atoms with Crippen molar-refractivity contribution in [2.45, 2.75) is 26.1 Å². The molecule has 1 unspecified atom stereocenters. The van der Waals surface area contributed by atoms with Crippen LogP contribution in [0.2, 0.25) is 0 Å². The molecule has 3 atom stereocenters. The fourth-order valence-electron chi connectivity index (χ4n) is 3.35. The van der Waals surface area contributed by atoms with Crippen molar-refractivity contribution in [3.8, 4) is 17.7 Å². The highest BCUT2D eigenvalue weighted by Gasteiger charge is 2.62. The average Bonchev–Trinajstić information content (AvgIpc) is 3.28. The molecular formula is C22H16ClF5N2O3. The number of alkyl halides is 3. The molecule has 1 aliphatic rings. The van der Waals surface area contributed by atoms with Crippen molar-refractivity contribution in [2.24, 2.45) is 17.3 Å². The van der Waals surface area contributed by atoms with Gasteiger partial charge in [-0.15, -0.1) is 0 Å². The van der Waals surface area contributed by atoms with Crippen molar-refractivity contribution in [1.82, 2.24) is 4.98 Å². The SMILES string of the molecule is CC1(C)[C@H](C(=O)OC(C#N)c2cccc(Oc3c(F)cccc3F)n2)[C@@H]1/C=C(\Cl)C(F)(F)F. The smallest absolute Gasteiger partial charge is 0.426 e. The van der Waals surface area contributed by atoms with E-state index in [1.54, 1.807) is 19.9 Å². The van der Waals surface area contributed by atoms with E-state index in [4.69, 9.17) is 21.1 Å². The highest BCUT2D eigenvalue weighted by molar-refractivity contribution is 6.30. The molecule has 0 amide bonds. The molecule has 0 N–H and O–H groups in total. The number of carbonyl (C=O) groups is 1. The summed E-state index contributed by atoms with van der Waals surface area (Å²) in [5.74, 6) is -5.63. The van der Waals surface area contributed by atoms with Gasteiger partial charge in [0.15, 0.2) is 11.6 Å². The second-order valence-electron chi connectivity index (χ2n) is 7.84. The van der Waals surface area contributed by atoms with Gasteiger partial charge >= 0.3 is 12.1 Å². The average molecular weight is 487 g/mol. The maximum absolute atomic E-state index is 13.8. The van der Waals surface area contributed by atoms with Crippen LogP contribution in [-0.4, -0.2) is 17.1 Å². The Balaban J connectivity index is 1.76. The van der Waals surface area contributed by atoms with Gasteiger partial charge in [-0.05, 0) is 29.5 Å². The summed E-state index contributed by atoms with van der Waals surface area (Å²) in [6.45, 7) is 3.13. The van der Waals surface area contributed by atoms with Crippen LogP contribution >= 0.6 is 11.6 Å². The van der Waals surface area contributed by atoms with Crippen molar-refractivity contribution < 1.29 is 36.2 Å². The molecule has 2 aromatic rings. The fourth-order valence-corrected chi connectivity index (χ4v) is 3.49. The van der Waals surface area contributed by atoms with E-state index in [2.05, 4.69) is 4.98 Å². The normalized spacial score (nSPS) is 20.5. The maximum Gasteiger partial charge on any atom is 0.426 e. The molecule has 33 heavy (non-hydrogen) atoms. The molecule has 3 rings (SSSR count). The zero-order valence-electron chi connectivity index (χ0n) is 17.2. The Morgan fingerprint density at radius 2 is 1.82 bits per heavy atom. The zero-order valence-corrected chi connectivity index (χ0v) is 17.9. The first-order chi connectivity index (χ1) is 15.4. The van der Waals surface area contributed by atoms with Gasteiger partial charge in [0.2, 0.25) is 17.7 Å². The molecule has 174 valence electrons. The number of nitrogens with zero attached hydrogens (tertiary/aromatic N) is 2. The van der Waals surface area contributed by atoms with Crippen molar-refractivity contribution in [2.75, 3.05) is 0 Å². The second kappa shape index (κ2) is 8.98. The number of allylic oxidation sites excluding steroid dienone is 2. The number of benzene rings is 1. The summed E-state index contributed by atoms with van der Waals surface area (Å²) in [6.07, 6.45) is -5.53. The highest BCUT2D eigenvalue weighted by Crippen LogP contribution is 2.60. The first kappa shape index (κ1) is 24.5. The van der Waals surface area contributed by atoms with Gasteiger partial charge in [0, 0.05) is 6.07 Å². The van der Waals surface area contributed by atoms with Gasteiger partial charge in [0.1, 0.15) is 11.1 Å². The Morgan fingerprint density at radius 3 is 2.39 bits per heavy atom. The van der Waals surface area contributed by atoms with Gasteiger partial charge in [0.05, 0.1) is 11.6 Å². The topological polar surface area (TPSA) is 72.2 Å². The summed E-state index contributed by atoms with van der Waals surface area (Å²) in [5.41, 5.74) is -0.970. The number of hydrogen-bond acceptors (Lipinski definition) is 5. The number of halogens is 6. The minimum Gasteiger partial charge on any atom is -0.440 e. The lowest BCUT2D eigenvalue weighted by Gasteiger charge is -2.13. The number of esters is 1. The number of aromatic nitrogens is 1. The second-order valence-corrected chi connectivity index (χ2v) is 8.24. The molecule has 1 saturated carbocycles. The van der Waals surface area contributed by atoms with E-state index in [9.17, 15) is 32.0 Å². The van der Waals surface area contributed by atoms with E-state index >= 15 is 0 Å². The molecule has 0 bridgehead atoms. The molecule has 5 nitrogen and oxygen atoms in total. The Bertz CT molecular complexity index is 1120. The van der Waals surface area contributed by atoms with Gasteiger partial charge < -0.3 is 9.47 Å². The third-order valence-electron chi connectivity index (χ3n) is 5.25. The van der Waals surface area contributed by atoms with Crippen LogP contribution in [0, 0.1) is 40.2 Å². The fraction of sp³-hybridized carbons (Fsp3) is 0.318. The summed E-state index contributed by atoms with van der Waals surface area (Å²) < 4.78 is 76.1. The quantitative estimate of drug-likeness (QED) is 0.358. The number of carbonyl (C=O) groups excluding carboxylic acids is 1. The van der Waals surface area contributed by atoms with Gasteiger partial charge in [-0.25, -0.2) is 13.8 Å². The maximum atomic E-state index is 13.8. The van der Waals surface area contributed by atoms with Crippen molar-refractivity contribution in [3.05, 3.63) is 64.8 Å². The molecular weight excluding hydrogens is 471 g/mol. The van der Waals surface area contributed by atoms with E-state index in [1.807, 2.05) is 0 Å². The monoisotopic (exact) mass is 486 g/mol. The molecule has 11 heteroatoms. The van der Waals surface area contributed by atoms with Gasteiger partial charge in [-0.1, -0.05) is 43.7 Å². The Kier molecular flexibility index (Phi) is 6.65. The Morgan fingerprint density at radius 1 is 1.21 bits per heavy atom. The van der Waals surface area contributed by atoms with Crippen LogP contribution in [0.3, 0.4) is 0 Å². The number of para-hydroxylation sites is 1. The number of rotatable bonds is 6. The van der Waals surface area contributed by atoms with E-state index in [1.165, 1.54) is 18.2 Å². The summed E-state index contributed by atoms with van der Waals surface area (Å²) in [5, 5.41) is 8.09. The largest absolute Gasteiger partial charge is 0.440 e. The standard InChI is InChI=1S/C22H16ClF5N2O3/c1-21(2)11(9-16(23)22(26,27)28)18(21)20(31)32-15(10-29)14-7-4-8-17(30-14)33-19-12(24)5-3-6-13(19)25/h3-9,11,15,18H,1-2H3/b16-9-/t11-,15?,18-/m0/s1. The van der Waals surface area contributed by atoms with Crippen molar-refractivity contribution in [1.29, 1.82) is 5.26 Å². The van der Waals surface area contributed by atoms with Crippen LogP contribution in [0.25, 0.3) is 0 Å². The van der Waals surface area contributed by atoms with Gasteiger partial charge in [-0.3, -0.25) is 4.79 Å². The van der Waals surface area contributed by atoms with Crippen LogP contribution in [-0.2, 0) is 9.53 Å². The number of pyridine rings is 1. The molecule has 1 fully saturated rings. The predicted octanol–water partition coefficient (Wildman–Crippen LogP) is 6.22. The van der Waals surface area contributed by atoms with E-state index in [0.29, 0.717) is 0 Å². The van der Waals surface area contributed by atoms with E-state index in [-0.39, 0.29) is 11.6 Å². The Hall–Kier alpha value is -3.19. The number of ether oxygens (including phenoxy) is 2. The van der Waals surface area contributed by atoms with E-state index in [0.717, 1.165) is 24.3 Å². The van der Waals surface area contributed by atoms with Crippen molar-refractivity contribution >= 4 is 17.6 Å². The van der Waals surface area contributed by atoms with Crippen LogP contribution in [0.15, 0.2) is 47.5 Å². The van der Waals surface area contributed by atoms with Crippen LogP contribution < -0.4 is 4.74 Å². The third kappa shape index (κ3) is 5.25. The van der Waals surface area contributed by atoms with E-state index < -0.39 is 57.9 Å². The molecule has 1 heterocycles. The van der Waals surface area contributed by atoms with Crippen LogP contribution in [0.4, 0.5) is 22.0 Å². The summed E-state index contributed by atoms with van der Waals surface area (Å²) in [6, 6.07) is 8.79. The summed E-state index contributed by atoms with van der Waals surface area (Å²) in [4.78, 5) is 16.5. The highest BCUT2D eigenvalue weighted by atomic mass is 35.5. The minimum absolute atomic E-state index is 0.0982. The molecule has 1 aromatic heterocycles. The molecule has 1 aliphatic carbocycles. The predicted molar refractivity (Wildman–Crippen MR) is 106 cm³/mol. The van der Waals surface area contributed by atoms with Gasteiger partial charge in [-0.2, -0.15) is 18.4 Å². The Labute approximate surface area is 190 Å². The number of hydrogen-bond donors (Lipinski definition) is 0. The van der Waals surface area contributed by atoms with Gasteiger partial charge in [0.25, 0.3) is 0 Å². The van der Waals surface area contributed by atoms with Crippen LogP contribution in [0.1, 0.15) is 25.6 Å². The summed E-state index contributed by atoms with van der Waals surface area (Å²) >= 11 is 5.28. The molecule has 1 aromatic carbocycles. The molecule has 0 radical (unpaired) electrons. The molecule has 0 aliphatic heterocycles. The third-order valence-corrected chi connectivity index (χ3v) is 5.59. The lowest BCUT2D eigenvalue weighted by Crippen LogP contribution is -2.15. The van der Waals surface area contributed by atoms with Crippen LogP contribution in [0.5, 0.6) is 11.6 Å². The minimum atomic E-state index is -4.74. The zero-order chi connectivity index (χ0) is 24.6. The summed E-state index contributed by atoms with van der Waals surface area (Å²) in [7, 11) is 0. The number of nitriles is 1. The lowest BCUT2D eigenvalue weighted by atomic mass is 10.1. The first-order valence-electron chi connectivity index (χ1n) is 9.49. The van der Waals surface area contributed by atoms with Crippen molar-refractivity contribution in [3.63, 3.8) is 0 Å². The first-order valence-corrected chi connectivity index (χ1v) is 9.87. The molecule has 0 spiro atoms.